The second kappa shape index (κ2) is 4.51. The molecule has 0 atom stereocenters. The molecule has 0 unspecified atom stereocenters. The third kappa shape index (κ3) is 3.16. The molecule has 0 fully saturated rings. The minimum Gasteiger partial charge on any atom is -0.398 e. The molecule has 0 radical (unpaired) electrons. The lowest BCUT2D eigenvalue weighted by molar-refractivity contribution is 1.39. The van der Waals surface area contributed by atoms with Gasteiger partial charge in [-0.25, -0.2) is 0 Å². The van der Waals surface area contributed by atoms with Gasteiger partial charge >= 0.3 is 0 Å². The van der Waals surface area contributed by atoms with E-state index in [2.05, 4.69) is 13.8 Å². The molecule has 0 aliphatic rings. The molecule has 0 bridgehead atoms. The van der Waals surface area contributed by atoms with Gasteiger partial charge in [-0.2, -0.15) is 0 Å². The van der Waals surface area contributed by atoms with Crippen LogP contribution in [-0.2, 0) is 0 Å². The SMILES string of the molecule is CC(C)=C/C=C(\N)c1ccccc1. The van der Waals surface area contributed by atoms with Crippen LogP contribution >= 0.6 is 0 Å². The Hall–Kier alpha value is -1.50. The van der Waals surface area contributed by atoms with Crippen molar-refractivity contribution in [2.24, 2.45) is 5.73 Å². The quantitative estimate of drug-likeness (QED) is 0.684. The molecule has 1 aromatic carbocycles. The maximum atomic E-state index is 5.86. The molecular weight excluding hydrogens is 158 g/mol. The highest BCUT2D eigenvalue weighted by molar-refractivity contribution is 5.63. The number of benzene rings is 1. The second-order valence-corrected chi connectivity index (χ2v) is 3.23. The first-order valence-electron chi connectivity index (χ1n) is 4.36. The van der Waals surface area contributed by atoms with Crippen LogP contribution in [0.4, 0.5) is 0 Å². The van der Waals surface area contributed by atoms with Crippen molar-refractivity contribution in [2.45, 2.75) is 13.8 Å². The topological polar surface area (TPSA) is 26.0 Å². The van der Waals surface area contributed by atoms with E-state index in [0.717, 1.165) is 11.3 Å². The summed E-state index contributed by atoms with van der Waals surface area (Å²) < 4.78 is 0. The summed E-state index contributed by atoms with van der Waals surface area (Å²) in [6.45, 7) is 4.10. The average molecular weight is 173 g/mol. The van der Waals surface area contributed by atoms with Crippen LogP contribution in [0.3, 0.4) is 0 Å². The minimum absolute atomic E-state index is 0.807. The van der Waals surface area contributed by atoms with Gasteiger partial charge in [0.2, 0.25) is 0 Å². The van der Waals surface area contributed by atoms with E-state index in [0.29, 0.717) is 0 Å². The predicted octanol–water partition coefficient (Wildman–Crippen LogP) is 2.95. The summed E-state index contributed by atoms with van der Waals surface area (Å²) in [5.41, 5.74) is 8.99. The largest absolute Gasteiger partial charge is 0.398 e. The highest BCUT2D eigenvalue weighted by Gasteiger charge is 1.91. The summed E-state index contributed by atoms with van der Waals surface area (Å²) in [4.78, 5) is 0. The lowest BCUT2D eigenvalue weighted by Gasteiger charge is -1.98. The highest BCUT2D eigenvalue weighted by atomic mass is 14.6. The van der Waals surface area contributed by atoms with Crippen molar-refractivity contribution >= 4 is 5.70 Å². The Morgan fingerprint density at radius 2 is 1.69 bits per heavy atom. The first-order chi connectivity index (χ1) is 6.20. The van der Waals surface area contributed by atoms with Crippen molar-refractivity contribution in [3.05, 3.63) is 53.6 Å². The lowest BCUT2D eigenvalue weighted by atomic mass is 10.1. The summed E-state index contributed by atoms with van der Waals surface area (Å²) in [7, 11) is 0. The zero-order chi connectivity index (χ0) is 9.68. The normalized spacial score (nSPS) is 11.1. The molecule has 0 spiro atoms. The van der Waals surface area contributed by atoms with Crippen molar-refractivity contribution in [1.82, 2.24) is 0 Å². The molecule has 0 saturated carbocycles. The molecule has 1 aromatic rings. The van der Waals surface area contributed by atoms with Crippen LogP contribution in [0, 0.1) is 0 Å². The summed E-state index contributed by atoms with van der Waals surface area (Å²) in [6.07, 6.45) is 3.95. The standard InChI is InChI=1S/C12H15N/c1-10(2)8-9-12(13)11-6-4-3-5-7-11/h3-9H,13H2,1-2H3/b12-9-. The van der Waals surface area contributed by atoms with Crippen LogP contribution in [0.1, 0.15) is 19.4 Å². The number of nitrogens with two attached hydrogens (primary N) is 1. The maximum Gasteiger partial charge on any atom is 0.0387 e. The van der Waals surface area contributed by atoms with Crippen molar-refractivity contribution in [2.75, 3.05) is 0 Å². The van der Waals surface area contributed by atoms with Crippen molar-refractivity contribution < 1.29 is 0 Å². The van der Waals surface area contributed by atoms with Crippen molar-refractivity contribution in [1.29, 1.82) is 0 Å². The maximum absolute atomic E-state index is 5.86. The fraction of sp³-hybridized carbons (Fsp3) is 0.167. The van der Waals surface area contributed by atoms with E-state index in [9.17, 15) is 0 Å². The Balaban J connectivity index is 2.86. The van der Waals surface area contributed by atoms with E-state index < -0.39 is 0 Å². The van der Waals surface area contributed by atoms with Gasteiger partial charge in [-0.3, -0.25) is 0 Å². The monoisotopic (exact) mass is 173 g/mol. The van der Waals surface area contributed by atoms with Gasteiger partial charge in [0, 0.05) is 5.70 Å². The summed E-state index contributed by atoms with van der Waals surface area (Å²) in [5, 5.41) is 0. The summed E-state index contributed by atoms with van der Waals surface area (Å²) in [6, 6.07) is 9.96. The van der Waals surface area contributed by atoms with Gasteiger partial charge in [0.25, 0.3) is 0 Å². The number of rotatable bonds is 2. The Morgan fingerprint density at radius 3 is 2.23 bits per heavy atom. The van der Waals surface area contributed by atoms with E-state index in [1.54, 1.807) is 0 Å². The van der Waals surface area contributed by atoms with E-state index >= 15 is 0 Å². The molecule has 0 heterocycles. The fourth-order valence-corrected chi connectivity index (χ4v) is 0.983. The predicted molar refractivity (Wildman–Crippen MR) is 58.0 cm³/mol. The summed E-state index contributed by atoms with van der Waals surface area (Å²) >= 11 is 0. The molecule has 0 amide bonds. The van der Waals surface area contributed by atoms with Crippen LogP contribution in [0.2, 0.25) is 0 Å². The van der Waals surface area contributed by atoms with E-state index in [1.165, 1.54) is 5.57 Å². The third-order valence-corrected chi connectivity index (χ3v) is 1.70. The van der Waals surface area contributed by atoms with Crippen LogP contribution in [0.25, 0.3) is 5.70 Å². The van der Waals surface area contributed by atoms with Crippen molar-refractivity contribution in [3.63, 3.8) is 0 Å². The Bertz CT molecular complexity index is 316. The van der Waals surface area contributed by atoms with Gasteiger partial charge in [0.05, 0.1) is 0 Å². The molecular formula is C12H15N. The zero-order valence-corrected chi connectivity index (χ0v) is 8.12. The Labute approximate surface area is 79.6 Å². The first-order valence-corrected chi connectivity index (χ1v) is 4.36. The van der Waals surface area contributed by atoms with Gasteiger partial charge in [-0.15, -0.1) is 0 Å². The van der Waals surface area contributed by atoms with Gasteiger partial charge in [0.15, 0.2) is 0 Å². The third-order valence-electron chi connectivity index (χ3n) is 1.70. The Kier molecular flexibility index (Phi) is 3.32. The Morgan fingerprint density at radius 1 is 1.08 bits per heavy atom. The van der Waals surface area contributed by atoms with Gasteiger partial charge < -0.3 is 5.73 Å². The van der Waals surface area contributed by atoms with Gasteiger partial charge in [-0.1, -0.05) is 42.0 Å². The van der Waals surface area contributed by atoms with Crippen LogP contribution < -0.4 is 5.73 Å². The second-order valence-electron chi connectivity index (χ2n) is 3.23. The molecule has 0 aromatic heterocycles. The molecule has 1 rings (SSSR count). The molecule has 0 aliphatic carbocycles. The smallest absolute Gasteiger partial charge is 0.0387 e. The number of hydrogen-bond acceptors (Lipinski definition) is 1. The number of hydrogen-bond donors (Lipinski definition) is 1. The summed E-state index contributed by atoms with van der Waals surface area (Å²) in [5.74, 6) is 0. The molecule has 68 valence electrons. The lowest BCUT2D eigenvalue weighted by Crippen LogP contribution is -1.94. The average Bonchev–Trinajstić information content (AvgIpc) is 2.15. The van der Waals surface area contributed by atoms with Gasteiger partial charge in [0.1, 0.15) is 0 Å². The number of allylic oxidation sites excluding steroid dienone is 3. The molecule has 1 heteroatoms. The highest BCUT2D eigenvalue weighted by Crippen LogP contribution is 2.08. The van der Waals surface area contributed by atoms with Crippen LogP contribution in [-0.4, -0.2) is 0 Å². The zero-order valence-electron chi connectivity index (χ0n) is 8.12. The molecule has 0 aliphatic heterocycles. The van der Waals surface area contributed by atoms with E-state index in [1.807, 2.05) is 42.5 Å². The van der Waals surface area contributed by atoms with E-state index in [4.69, 9.17) is 5.73 Å². The minimum atomic E-state index is 0.807. The van der Waals surface area contributed by atoms with E-state index in [-0.39, 0.29) is 0 Å². The van der Waals surface area contributed by atoms with Gasteiger partial charge in [-0.05, 0) is 25.5 Å². The molecule has 1 nitrogen and oxygen atoms in total. The first kappa shape index (κ1) is 9.59. The molecule has 2 N–H and O–H groups in total. The van der Waals surface area contributed by atoms with Crippen LogP contribution in [0.5, 0.6) is 0 Å². The fourth-order valence-electron chi connectivity index (χ4n) is 0.983. The van der Waals surface area contributed by atoms with Crippen LogP contribution in [0.15, 0.2) is 48.1 Å². The molecule has 0 saturated heterocycles. The van der Waals surface area contributed by atoms with Crippen molar-refractivity contribution in [3.8, 4) is 0 Å². The molecule has 13 heavy (non-hydrogen) atoms.